The highest BCUT2D eigenvalue weighted by Crippen LogP contribution is 2.35. The summed E-state index contributed by atoms with van der Waals surface area (Å²) in [6.45, 7) is 3.57. The predicted molar refractivity (Wildman–Crippen MR) is 133 cm³/mol. The van der Waals surface area contributed by atoms with Gasteiger partial charge in [0.1, 0.15) is 5.57 Å². The highest BCUT2D eigenvalue weighted by Gasteiger charge is 2.38. The molecule has 0 bridgehead atoms. The van der Waals surface area contributed by atoms with Gasteiger partial charge in [-0.15, -0.1) is 0 Å². The van der Waals surface area contributed by atoms with Gasteiger partial charge in [0.2, 0.25) is 0 Å². The monoisotopic (exact) mass is 531 g/mol. The van der Waals surface area contributed by atoms with E-state index in [0.717, 1.165) is 10.6 Å². The predicted octanol–water partition coefficient (Wildman–Crippen LogP) is 5.42. The first-order valence-corrected chi connectivity index (χ1v) is 11.2. The van der Waals surface area contributed by atoms with E-state index in [2.05, 4.69) is 5.32 Å². The van der Waals surface area contributed by atoms with Crippen molar-refractivity contribution in [1.29, 1.82) is 0 Å². The SMILES string of the molecule is Cc1cc(/C=C2\C(=O)NC(=O)N(c3cccc(Cl)c3Cl)C2=O)c(C)n1-c1ccc(C(=O)O)c(Cl)c1. The summed E-state index contributed by atoms with van der Waals surface area (Å²) in [5.74, 6) is -2.86. The van der Waals surface area contributed by atoms with Crippen molar-refractivity contribution < 1.29 is 24.3 Å². The Morgan fingerprint density at radius 2 is 1.71 bits per heavy atom. The number of anilines is 1. The van der Waals surface area contributed by atoms with Crippen LogP contribution in [0.3, 0.4) is 0 Å². The Kier molecular flexibility index (Phi) is 6.46. The summed E-state index contributed by atoms with van der Waals surface area (Å²) in [6, 6.07) is 9.79. The molecule has 4 amide bonds. The van der Waals surface area contributed by atoms with E-state index in [1.165, 1.54) is 36.4 Å². The molecule has 178 valence electrons. The molecule has 2 heterocycles. The van der Waals surface area contributed by atoms with Crippen molar-refractivity contribution in [2.75, 3.05) is 4.90 Å². The number of benzene rings is 2. The third-order valence-electron chi connectivity index (χ3n) is 5.49. The number of hydrogen-bond donors (Lipinski definition) is 2. The van der Waals surface area contributed by atoms with Crippen LogP contribution in [0.15, 0.2) is 48.0 Å². The average molecular weight is 533 g/mol. The van der Waals surface area contributed by atoms with Crippen LogP contribution in [0.1, 0.15) is 27.3 Å². The lowest BCUT2D eigenvalue weighted by Crippen LogP contribution is -2.54. The maximum atomic E-state index is 13.2. The summed E-state index contributed by atoms with van der Waals surface area (Å²) in [7, 11) is 0. The molecule has 1 aromatic heterocycles. The first kappa shape index (κ1) is 24.5. The zero-order chi connectivity index (χ0) is 25.6. The number of carboxylic acid groups (broad SMARTS) is 1. The Labute approximate surface area is 214 Å². The minimum atomic E-state index is -1.14. The molecule has 8 nitrogen and oxygen atoms in total. The number of nitrogens with one attached hydrogen (secondary N) is 1. The van der Waals surface area contributed by atoms with Crippen LogP contribution < -0.4 is 10.2 Å². The van der Waals surface area contributed by atoms with Crippen molar-refractivity contribution in [3.05, 3.63) is 85.6 Å². The van der Waals surface area contributed by atoms with Crippen molar-refractivity contribution >= 4 is 70.4 Å². The van der Waals surface area contributed by atoms with Gasteiger partial charge in [0, 0.05) is 17.1 Å². The van der Waals surface area contributed by atoms with E-state index >= 15 is 0 Å². The fourth-order valence-corrected chi connectivity index (χ4v) is 4.48. The second kappa shape index (κ2) is 9.22. The summed E-state index contributed by atoms with van der Waals surface area (Å²) in [6.07, 6.45) is 1.38. The highest BCUT2D eigenvalue weighted by atomic mass is 35.5. The largest absolute Gasteiger partial charge is 0.478 e. The van der Waals surface area contributed by atoms with Crippen molar-refractivity contribution in [2.24, 2.45) is 0 Å². The molecule has 4 rings (SSSR count). The normalized spacial score (nSPS) is 15.1. The Balaban J connectivity index is 1.78. The van der Waals surface area contributed by atoms with Gasteiger partial charge in [-0.3, -0.25) is 14.9 Å². The molecule has 1 saturated heterocycles. The molecule has 0 atom stereocenters. The van der Waals surface area contributed by atoms with Gasteiger partial charge >= 0.3 is 12.0 Å². The first-order chi connectivity index (χ1) is 16.5. The number of imide groups is 2. The zero-order valence-corrected chi connectivity index (χ0v) is 20.5. The molecular weight excluding hydrogens is 517 g/mol. The number of aromatic nitrogens is 1. The number of barbiturate groups is 1. The summed E-state index contributed by atoms with van der Waals surface area (Å²) in [5.41, 5.74) is 2.25. The molecule has 3 aromatic rings. The van der Waals surface area contributed by atoms with Crippen LogP contribution in [0.5, 0.6) is 0 Å². The third kappa shape index (κ3) is 4.32. The van der Waals surface area contributed by atoms with E-state index in [4.69, 9.17) is 34.8 Å². The number of urea groups is 1. The molecule has 35 heavy (non-hydrogen) atoms. The van der Waals surface area contributed by atoms with E-state index in [1.807, 2.05) is 0 Å². The van der Waals surface area contributed by atoms with Gasteiger partial charge in [-0.1, -0.05) is 40.9 Å². The number of amides is 4. The van der Waals surface area contributed by atoms with Crippen LogP contribution in [0, 0.1) is 13.8 Å². The van der Waals surface area contributed by atoms with Crippen molar-refractivity contribution in [1.82, 2.24) is 9.88 Å². The van der Waals surface area contributed by atoms with Crippen molar-refractivity contribution in [2.45, 2.75) is 13.8 Å². The number of carbonyl (C=O) groups is 4. The molecule has 1 fully saturated rings. The number of carboxylic acids is 1. The van der Waals surface area contributed by atoms with Crippen molar-refractivity contribution in [3.63, 3.8) is 0 Å². The Bertz CT molecular complexity index is 1480. The number of carbonyl (C=O) groups excluding carboxylic acids is 3. The van der Waals surface area contributed by atoms with Crippen molar-refractivity contribution in [3.8, 4) is 5.69 Å². The Morgan fingerprint density at radius 1 is 1.00 bits per heavy atom. The number of nitrogens with zero attached hydrogens (tertiary/aromatic N) is 2. The molecule has 0 saturated carbocycles. The minimum Gasteiger partial charge on any atom is -0.478 e. The minimum absolute atomic E-state index is 0.00812. The lowest BCUT2D eigenvalue weighted by Gasteiger charge is -2.27. The first-order valence-electron chi connectivity index (χ1n) is 10.1. The molecular formula is C24H16Cl3N3O5. The standard InChI is InChI=1S/C24H16Cl3N3O5/c1-11-8-13(12(2)29(11)14-6-7-15(23(33)34)18(26)10-14)9-16-21(31)28-24(35)30(22(16)32)19-5-3-4-17(25)20(19)27/h3-10H,1-2H3,(H,33,34)(H,28,31,35)/b16-9+. The van der Waals surface area contributed by atoms with Gasteiger partial charge in [0.15, 0.2) is 0 Å². The lowest BCUT2D eigenvalue weighted by molar-refractivity contribution is -0.122. The maximum Gasteiger partial charge on any atom is 0.337 e. The number of hydrogen-bond acceptors (Lipinski definition) is 4. The van der Waals surface area contributed by atoms with Gasteiger partial charge < -0.3 is 9.67 Å². The maximum absolute atomic E-state index is 13.2. The summed E-state index contributed by atoms with van der Waals surface area (Å²) in [4.78, 5) is 50.3. The Morgan fingerprint density at radius 3 is 2.37 bits per heavy atom. The molecule has 2 N–H and O–H groups in total. The van der Waals surface area contributed by atoms with Gasteiger partial charge in [0.05, 0.1) is 26.3 Å². The molecule has 1 aliphatic heterocycles. The zero-order valence-electron chi connectivity index (χ0n) is 18.2. The van der Waals surface area contributed by atoms with Crippen LogP contribution in [0.25, 0.3) is 11.8 Å². The van der Waals surface area contributed by atoms with Crippen LogP contribution in [0.4, 0.5) is 10.5 Å². The van der Waals surface area contributed by atoms with E-state index in [0.29, 0.717) is 16.9 Å². The van der Waals surface area contributed by atoms with Gasteiger partial charge in [-0.25, -0.2) is 14.5 Å². The van der Waals surface area contributed by atoms with E-state index in [-0.39, 0.29) is 31.9 Å². The number of rotatable bonds is 4. The quantitative estimate of drug-likeness (QED) is 0.345. The molecule has 1 aliphatic rings. The Hall–Kier alpha value is -3.59. The summed E-state index contributed by atoms with van der Waals surface area (Å²) >= 11 is 18.4. The van der Waals surface area contributed by atoms with Gasteiger partial charge in [0.25, 0.3) is 11.8 Å². The topological polar surface area (TPSA) is 109 Å². The van der Waals surface area contributed by atoms with E-state index in [1.54, 1.807) is 30.5 Å². The van der Waals surface area contributed by atoms with E-state index < -0.39 is 23.8 Å². The highest BCUT2D eigenvalue weighted by molar-refractivity contribution is 6.46. The number of aryl methyl sites for hydroxylation is 1. The third-order valence-corrected chi connectivity index (χ3v) is 6.61. The number of aromatic carboxylic acids is 1. The summed E-state index contributed by atoms with van der Waals surface area (Å²) in [5, 5.41) is 11.6. The fourth-order valence-electron chi connectivity index (χ4n) is 3.84. The fraction of sp³-hybridized carbons (Fsp3) is 0.0833. The molecule has 0 radical (unpaired) electrons. The molecule has 2 aromatic carbocycles. The lowest BCUT2D eigenvalue weighted by atomic mass is 10.1. The second-order valence-electron chi connectivity index (χ2n) is 7.66. The molecule has 0 aliphatic carbocycles. The van der Waals surface area contributed by atoms with Gasteiger partial charge in [-0.2, -0.15) is 0 Å². The number of halogens is 3. The van der Waals surface area contributed by atoms with Gasteiger partial charge in [-0.05, 0) is 61.9 Å². The average Bonchev–Trinajstić information content (AvgIpc) is 3.06. The smallest absolute Gasteiger partial charge is 0.337 e. The summed E-state index contributed by atoms with van der Waals surface area (Å²) < 4.78 is 1.80. The molecule has 0 unspecified atom stereocenters. The van der Waals surface area contributed by atoms with Crippen LogP contribution in [0.2, 0.25) is 15.1 Å². The van der Waals surface area contributed by atoms with Crippen LogP contribution >= 0.6 is 34.8 Å². The molecule has 0 spiro atoms. The van der Waals surface area contributed by atoms with E-state index in [9.17, 15) is 24.3 Å². The van der Waals surface area contributed by atoms with Crippen LogP contribution in [-0.2, 0) is 9.59 Å². The molecule has 11 heteroatoms. The van der Waals surface area contributed by atoms with Crippen LogP contribution in [-0.4, -0.2) is 33.5 Å². The second-order valence-corrected chi connectivity index (χ2v) is 8.85.